The molecule has 0 amide bonds. The smallest absolute Gasteiger partial charge is 0.161 e. The van der Waals surface area contributed by atoms with E-state index in [9.17, 15) is 0 Å². The first-order valence-corrected chi connectivity index (χ1v) is 26.0. The number of aliphatic imine (C=N–C) groups is 1. The van der Waals surface area contributed by atoms with Crippen molar-refractivity contribution in [1.29, 1.82) is 0 Å². The van der Waals surface area contributed by atoms with Crippen LogP contribution in [0.3, 0.4) is 0 Å². The summed E-state index contributed by atoms with van der Waals surface area (Å²) in [4.78, 5) is 20.9. The number of imidazole rings is 1. The van der Waals surface area contributed by atoms with Crippen molar-refractivity contribution in [2.45, 2.75) is 54.9 Å². The molecule has 0 radical (unpaired) electrons. The predicted octanol–water partition coefficient (Wildman–Crippen LogP) is 15.4. The molecule has 0 aliphatic carbocycles. The van der Waals surface area contributed by atoms with Crippen molar-refractivity contribution < 1.29 is 9.47 Å². The van der Waals surface area contributed by atoms with Crippen molar-refractivity contribution in [3.63, 3.8) is 0 Å². The summed E-state index contributed by atoms with van der Waals surface area (Å²) in [5.74, 6) is 1.73. The minimum absolute atomic E-state index is 0.663. The fourth-order valence-electron chi connectivity index (χ4n) is 7.45. The number of fused-ring (bicyclic) bond motifs is 7. The number of benzene rings is 6. The van der Waals surface area contributed by atoms with E-state index in [2.05, 4.69) is 160 Å². The van der Waals surface area contributed by atoms with Gasteiger partial charge in [0.05, 0.1) is 54.4 Å². The number of aromatic nitrogens is 7. The SMILES string of the molecule is Cc1ccc2c(c1)CC=N2.Cc1ccc2c(c1)OCCO2.Cc1ccc2ncccc2c1.Cc1ccc2nccn2c1.Cc1ccc2ncsc2c1.Cc1ccc2nsnc2c1.Cc1ccc2scnc2c1. The second kappa shape index (κ2) is 24.9. The van der Waals surface area contributed by atoms with Crippen molar-refractivity contribution in [2.75, 3.05) is 13.2 Å². The highest BCUT2D eigenvalue weighted by Gasteiger charge is 2.10. The van der Waals surface area contributed by atoms with E-state index in [0.717, 1.165) is 56.8 Å². The molecule has 12 aromatic rings. The van der Waals surface area contributed by atoms with E-state index >= 15 is 0 Å². The number of aryl methyl sites for hydroxylation is 7. The number of rotatable bonds is 0. The molecule has 0 unspecified atom stereocenters. The summed E-state index contributed by atoms with van der Waals surface area (Å²) < 4.78 is 23.5. The lowest BCUT2D eigenvalue weighted by Gasteiger charge is -2.18. The van der Waals surface area contributed by atoms with Gasteiger partial charge in [0.2, 0.25) is 0 Å². The Hall–Kier alpha value is -7.71. The molecule has 0 bridgehead atoms. The van der Waals surface area contributed by atoms with Crippen molar-refractivity contribution in [1.82, 2.24) is 33.1 Å². The van der Waals surface area contributed by atoms with Gasteiger partial charge >= 0.3 is 0 Å². The van der Waals surface area contributed by atoms with Gasteiger partial charge in [-0.25, -0.2) is 15.0 Å². The molecule has 0 N–H and O–H groups in total. The highest BCUT2D eigenvalue weighted by atomic mass is 32.1. The first-order chi connectivity index (χ1) is 35.0. The average Bonchev–Trinajstić information content (AvgIpc) is 4.26. The molecule has 2 aliphatic rings. The molecule has 72 heavy (non-hydrogen) atoms. The zero-order valence-corrected chi connectivity index (χ0v) is 43.9. The summed E-state index contributed by atoms with van der Waals surface area (Å²) in [5.41, 5.74) is 21.4. The Morgan fingerprint density at radius 3 is 1.93 bits per heavy atom. The van der Waals surface area contributed by atoms with Gasteiger partial charge in [0.15, 0.2) is 11.5 Å². The van der Waals surface area contributed by atoms with Gasteiger partial charge in [-0.05, 0) is 161 Å². The van der Waals surface area contributed by atoms with Crippen LogP contribution < -0.4 is 9.47 Å². The third kappa shape index (κ3) is 14.4. The minimum atomic E-state index is 0.663. The summed E-state index contributed by atoms with van der Waals surface area (Å²) in [7, 11) is 0. The van der Waals surface area contributed by atoms with Crippen LogP contribution in [0, 0.1) is 48.5 Å². The molecule has 14 rings (SSSR count). The molecule has 6 aromatic heterocycles. The van der Waals surface area contributed by atoms with Crippen LogP contribution in [-0.4, -0.2) is 52.5 Å². The molecule has 13 heteroatoms. The molecule has 0 atom stereocenters. The molecule has 2 aliphatic heterocycles. The van der Waals surface area contributed by atoms with Gasteiger partial charge in [-0.15, -0.1) is 22.7 Å². The summed E-state index contributed by atoms with van der Waals surface area (Å²) >= 11 is 4.64. The van der Waals surface area contributed by atoms with Crippen LogP contribution in [0.1, 0.15) is 44.5 Å². The van der Waals surface area contributed by atoms with Gasteiger partial charge in [-0.2, -0.15) is 8.75 Å². The first-order valence-electron chi connectivity index (χ1n) is 23.5. The Morgan fingerprint density at radius 1 is 0.472 bits per heavy atom. The highest BCUT2D eigenvalue weighted by molar-refractivity contribution is 7.17. The molecule has 6 aromatic carbocycles. The van der Waals surface area contributed by atoms with Crippen molar-refractivity contribution in [3.8, 4) is 11.5 Å². The second-order valence-electron chi connectivity index (χ2n) is 17.3. The van der Waals surface area contributed by atoms with Crippen LogP contribution in [0.15, 0.2) is 174 Å². The highest BCUT2D eigenvalue weighted by Crippen LogP contribution is 2.30. The molecule has 362 valence electrons. The van der Waals surface area contributed by atoms with Crippen LogP contribution in [-0.2, 0) is 6.42 Å². The molecule has 0 saturated heterocycles. The van der Waals surface area contributed by atoms with Gasteiger partial charge < -0.3 is 13.9 Å². The lowest BCUT2D eigenvalue weighted by molar-refractivity contribution is 0.171. The quantitative estimate of drug-likeness (QED) is 0.148. The first kappa shape index (κ1) is 50.7. The van der Waals surface area contributed by atoms with Crippen LogP contribution in [0.25, 0.3) is 48.0 Å². The summed E-state index contributed by atoms with van der Waals surface area (Å²) in [6, 6.07) is 45.4. The lowest BCUT2D eigenvalue weighted by atomic mass is 10.1. The van der Waals surface area contributed by atoms with Gasteiger partial charge in [0.1, 0.15) is 29.9 Å². The van der Waals surface area contributed by atoms with Crippen molar-refractivity contribution in [2.24, 2.45) is 4.99 Å². The maximum atomic E-state index is 5.38. The fraction of sp³-hybridized carbons (Fsp3) is 0.169. The van der Waals surface area contributed by atoms with Crippen molar-refractivity contribution in [3.05, 3.63) is 214 Å². The predicted molar refractivity (Wildman–Crippen MR) is 302 cm³/mol. The molecular weight excluding hydrogens is 949 g/mol. The standard InChI is InChI=1S/C10H9N.C9H9N.C9H10O2.C8H8N2.2C8H7NS.C7H6N2S/c1-8-4-5-10-9(7-8)3-2-6-11-10;1-7-2-3-9-8(6-7)4-5-10-9;1-7-2-3-8-9(6-7)11-5-4-10-8;1-7-2-3-8-9-4-5-10(8)6-7;1-6-2-3-8-7(4-6)9-5-10-8;1-6-2-3-7-8(4-6)10-5-9-7;1-5-2-3-6-7(4-5)9-10-8-6/h2-7H,1H3;2-3,5-6H,4H2,1H3;2-3,6H,4-5H2,1H3;2-6H,1H3;2*2-5H,1H3;2-4H,1H3. The molecule has 0 saturated carbocycles. The number of pyridine rings is 2. The average molecular weight is 1010 g/mol. The fourth-order valence-corrected chi connectivity index (χ4v) is 9.40. The number of ether oxygens (including phenoxy) is 2. The van der Waals surface area contributed by atoms with E-state index in [1.807, 2.05) is 95.6 Å². The normalized spacial score (nSPS) is 11.5. The molecule has 0 fully saturated rings. The maximum Gasteiger partial charge on any atom is 0.161 e. The van der Waals surface area contributed by atoms with Gasteiger partial charge in [0.25, 0.3) is 0 Å². The second-order valence-corrected chi connectivity index (χ2v) is 19.6. The van der Waals surface area contributed by atoms with Crippen LogP contribution >= 0.6 is 34.4 Å². The lowest BCUT2D eigenvalue weighted by Crippen LogP contribution is -2.15. The van der Waals surface area contributed by atoms with Gasteiger partial charge in [-0.3, -0.25) is 9.98 Å². The Balaban J connectivity index is 0.000000112. The summed E-state index contributed by atoms with van der Waals surface area (Å²) in [6.07, 6.45) is 10.6. The topological polar surface area (TPSA) is 113 Å². The molecular formula is C59H56N8O2S3. The van der Waals surface area contributed by atoms with Crippen LogP contribution in [0.4, 0.5) is 5.69 Å². The summed E-state index contributed by atoms with van der Waals surface area (Å²) in [6.45, 7) is 15.9. The Kier molecular flexibility index (Phi) is 17.5. The number of thiazole rings is 2. The molecule has 10 nitrogen and oxygen atoms in total. The van der Waals surface area contributed by atoms with Crippen molar-refractivity contribution >= 4 is 94.3 Å². The maximum absolute atomic E-state index is 5.38. The van der Waals surface area contributed by atoms with Gasteiger partial charge in [-0.1, -0.05) is 65.7 Å². The Bertz CT molecular complexity index is 3420. The zero-order chi connectivity index (χ0) is 50.2. The number of hydrogen-bond acceptors (Lipinski definition) is 12. The third-order valence-electron chi connectivity index (χ3n) is 11.2. The third-order valence-corrected chi connectivity index (χ3v) is 13.3. The molecule has 0 spiro atoms. The van der Waals surface area contributed by atoms with E-state index in [0.29, 0.717) is 13.2 Å². The Labute approximate surface area is 432 Å². The van der Waals surface area contributed by atoms with E-state index < -0.39 is 0 Å². The minimum Gasteiger partial charge on any atom is -0.486 e. The monoisotopic (exact) mass is 1000 g/mol. The summed E-state index contributed by atoms with van der Waals surface area (Å²) in [5, 5.41) is 1.22. The molecule has 8 heterocycles. The van der Waals surface area contributed by atoms with E-state index in [-0.39, 0.29) is 0 Å². The largest absolute Gasteiger partial charge is 0.486 e. The number of nitrogens with zero attached hydrogens (tertiary/aromatic N) is 8. The van der Waals surface area contributed by atoms with E-state index in [4.69, 9.17) is 9.47 Å². The zero-order valence-electron chi connectivity index (χ0n) is 41.5. The van der Waals surface area contributed by atoms with Gasteiger partial charge in [0, 0.05) is 42.8 Å². The van der Waals surface area contributed by atoms with Crippen LogP contribution in [0.2, 0.25) is 0 Å². The van der Waals surface area contributed by atoms with E-state index in [1.165, 1.54) is 71.0 Å². The number of hydrogen-bond donors (Lipinski definition) is 0. The Morgan fingerprint density at radius 2 is 1.10 bits per heavy atom. The van der Waals surface area contributed by atoms with E-state index in [1.54, 1.807) is 28.9 Å². The van der Waals surface area contributed by atoms with Crippen LogP contribution in [0.5, 0.6) is 11.5 Å².